The Balaban J connectivity index is 2.04. The van der Waals surface area contributed by atoms with Gasteiger partial charge in [-0.1, -0.05) is 35.1 Å². The lowest BCUT2D eigenvalue weighted by Gasteiger charge is -2.23. The molecule has 1 unspecified atom stereocenters. The molecule has 2 N–H and O–H groups in total. The Morgan fingerprint density at radius 3 is 2.56 bits per heavy atom. The van der Waals surface area contributed by atoms with Crippen molar-refractivity contribution in [2.45, 2.75) is 19.5 Å². The van der Waals surface area contributed by atoms with Crippen LogP contribution >= 0.6 is 22.9 Å². The molecular weight excluding hydrogens is 268 g/mol. The lowest BCUT2D eigenvalue weighted by atomic mass is 10.1. The minimum Gasteiger partial charge on any atom is -0.374 e. The summed E-state index contributed by atoms with van der Waals surface area (Å²) in [5.41, 5.74) is 6.79. The lowest BCUT2D eigenvalue weighted by Crippen LogP contribution is -2.21. The first-order valence-electron chi connectivity index (χ1n) is 5.60. The maximum Gasteiger partial charge on any atom is 0.203 e. The molecule has 1 aromatic carbocycles. The number of hydrogen-bond acceptors (Lipinski definition) is 5. The van der Waals surface area contributed by atoms with Crippen molar-refractivity contribution in [2.75, 3.05) is 12.8 Å². The first-order valence-corrected chi connectivity index (χ1v) is 6.79. The average Bonchev–Trinajstić information content (AvgIpc) is 2.75. The van der Waals surface area contributed by atoms with Crippen molar-refractivity contribution in [2.24, 2.45) is 0 Å². The molecule has 96 valence electrons. The summed E-state index contributed by atoms with van der Waals surface area (Å²) < 4.78 is 0. The molecule has 0 amide bonds. The average molecular weight is 283 g/mol. The summed E-state index contributed by atoms with van der Waals surface area (Å²) in [6.07, 6.45) is 0. The third kappa shape index (κ3) is 3.19. The van der Waals surface area contributed by atoms with Crippen molar-refractivity contribution in [1.29, 1.82) is 0 Å². The molecule has 2 rings (SSSR count). The minimum absolute atomic E-state index is 0.285. The zero-order valence-electron chi connectivity index (χ0n) is 10.3. The Hall–Kier alpha value is -1.17. The van der Waals surface area contributed by atoms with Gasteiger partial charge < -0.3 is 5.73 Å². The Morgan fingerprint density at radius 2 is 2.00 bits per heavy atom. The van der Waals surface area contributed by atoms with E-state index >= 15 is 0 Å². The number of nitrogens with zero attached hydrogens (tertiary/aromatic N) is 3. The Morgan fingerprint density at radius 1 is 1.33 bits per heavy atom. The lowest BCUT2D eigenvalue weighted by molar-refractivity contribution is 0.252. The molecule has 6 heteroatoms. The Bertz CT molecular complexity index is 511. The molecule has 18 heavy (non-hydrogen) atoms. The molecule has 1 aromatic heterocycles. The molecular formula is C12H15ClN4S. The maximum atomic E-state index is 5.88. The molecule has 1 atom stereocenters. The van der Waals surface area contributed by atoms with Crippen LogP contribution < -0.4 is 5.73 Å². The van der Waals surface area contributed by atoms with E-state index in [0.29, 0.717) is 5.13 Å². The van der Waals surface area contributed by atoms with Gasteiger partial charge in [-0.2, -0.15) is 0 Å². The molecule has 0 spiro atoms. The first kappa shape index (κ1) is 13.3. The number of hydrogen-bond donors (Lipinski definition) is 1. The van der Waals surface area contributed by atoms with Gasteiger partial charge in [-0.05, 0) is 31.7 Å². The summed E-state index contributed by atoms with van der Waals surface area (Å²) in [6.45, 7) is 2.88. The number of rotatable bonds is 4. The van der Waals surface area contributed by atoms with Gasteiger partial charge in [0.15, 0.2) is 0 Å². The fourth-order valence-electron chi connectivity index (χ4n) is 1.68. The Labute approximate surface area is 115 Å². The largest absolute Gasteiger partial charge is 0.374 e. The van der Waals surface area contributed by atoms with Crippen molar-refractivity contribution in [1.82, 2.24) is 15.1 Å². The van der Waals surface area contributed by atoms with Gasteiger partial charge in [0.1, 0.15) is 5.01 Å². The monoisotopic (exact) mass is 282 g/mol. The summed E-state index contributed by atoms with van der Waals surface area (Å²) in [5, 5.41) is 10.0. The van der Waals surface area contributed by atoms with Crippen LogP contribution in [0.3, 0.4) is 0 Å². The molecule has 4 nitrogen and oxygen atoms in total. The van der Waals surface area contributed by atoms with Crippen molar-refractivity contribution >= 4 is 28.1 Å². The number of aromatic nitrogens is 2. The highest BCUT2D eigenvalue weighted by molar-refractivity contribution is 7.15. The van der Waals surface area contributed by atoms with Crippen molar-refractivity contribution in [3.05, 3.63) is 39.9 Å². The number of benzene rings is 1. The molecule has 0 radical (unpaired) electrons. The van der Waals surface area contributed by atoms with E-state index in [2.05, 4.69) is 29.1 Å². The quantitative estimate of drug-likeness (QED) is 0.937. The highest BCUT2D eigenvalue weighted by atomic mass is 35.5. The topological polar surface area (TPSA) is 55.0 Å². The normalized spacial score (nSPS) is 12.9. The molecule has 0 aliphatic heterocycles. The Kier molecular flexibility index (Phi) is 4.16. The standard InChI is InChI=1S/C12H15ClN4S/c1-8(9-3-5-10(13)6-4-9)17(2)7-11-15-16-12(14)18-11/h3-6,8H,7H2,1-2H3,(H2,14,16). The minimum atomic E-state index is 0.285. The van der Waals surface area contributed by atoms with Crippen LogP contribution in [-0.2, 0) is 6.54 Å². The van der Waals surface area contributed by atoms with Crippen molar-refractivity contribution in [3.8, 4) is 0 Å². The highest BCUT2D eigenvalue weighted by Crippen LogP contribution is 2.23. The first-order chi connectivity index (χ1) is 8.56. The summed E-state index contributed by atoms with van der Waals surface area (Å²) >= 11 is 7.31. The van der Waals surface area contributed by atoms with Crippen LogP contribution in [0.15, 0.2) is 24.3 Å². The molecule has 2 aromatic rings. The van der Waals surface area contributed by atoms with E-state index in [4.69, 9.17) is 17.3 Å². The van der Waals surface area contributed by atoms with Crippen LogP contribution in [0, 0.1) is 0 Å². The van der Waals surface area contributed by atoms with Crippen LogP contribution in [0.2, 0.25) is 5.02 Å². The molecule has 0 fully saturated rings. The third-order valence-electron chi connectivity index (χ3n) is 2.88. The van der Waals surface area contributed by atoms with Gasteiger partial charge in [-0.25, -0.2) is 0 Å². The summed E-state index contributed by atoms with van der Waals surface area (Å²) in [6, 6.07) is 8.18. The molecule has 0 saturated heterocycles. The van der Waals surface area contributed by atoms with Gasteiger partial charge in [0.2, 0.25) is 5.13 Å². The number of anilines is 1. The van der Waals surface area contributed by atoms with Gasteiger partial charge in [-0.15, -0.1) is 10.2 Å². The van der Waals surface area contributed by atoms with Gasteiger partial charge in [-0.3, -0.25) is 4.90 Å². The number of nitrogens with two attached hydrogens (primary N) is 1. The predicted octanol–water partition coefficient (Wildman–Crippen LogP) is 2.97. The third-order valence-corrected chi connectivity index (χ3v) is 3.87. The summed E-state index contributed by atoms with van der Waals surface area (Å²) in [7, 11) is 2.05. The molecule has 0 aliphatic rings. The van der Waals surface area contributed by atoms with E-state index in [-0.39, 0.29) is 6.04 Å². The van der Waals surface area contributed by atoms with E-state index in [1.165, 1.54) is 16.9 Å². The molecule has 0 bridgehead atoms. The van der Waals surface area contributed by atoms with Crippen LogP contribution in [0.4, 0.5) is 5.13 Å². The fourth-order valence-corrected chi connectivity index (χ4v) is 2.48. The molecule has 1 heterocycles. The smallest absolute Gasteiger partial charge is 0.203 e. The number of halogens is 1. The van der Waals surface area contributed by atoms with Crippen LogP contribution in [0.25, 0.3) is 0 Å². The summed E-state index contributed by atoms with van der Waals surface area (Å²) in [4.78, 5) is 2.20. The molecule has 0 saturated carbocycles. The predicted molar refractivity (Wildman–Crippen MR) is 75.7 cm³/mol. The van der Waals surface area contributed by atoms with Gasteiger partial charge in [0.05, 0.1) is 6.54 Å². The molecule has 0 aliphatic carbocycles. The maximum absolute atomic E-state index is 5.88. The fraction of sp³-hybridized carbons (Fsp3) is 0.333. The van der Waals surface area contributed by atoms with Gasteiger partial charge >= 0.3 is 0 Å². The van der Waals surface area contributed by atoms with Crippen molar-refractivity contribution in [3.63, 3.8) is 0 Å². The van der Waals surface area contributed by atoms with Crippen molar-refractivity contribution < 1.29 is 0 Å². The second kappa shape index (κ2) is 5.65. The zero-order chi connectivity index (χ0) is 13.1. The van der Waals surface area contributed by atoms with Crippen LogP contribution in [0.1, 0.15) is 23.5 Å². The van der Waals surface area contributed by atoms with E-state index in [1.54, 1.807) is 0 Å². The van der Waals surface area contributed by atoms with E-state index in [9.17, 15) is 0 Å². The second-order valence-corrected chi connectivity index (χ2v) is 5.71. The van der Waals surface area contributed by atoms with Gasteiger partial charge in [0.25, 0.3) is 0 Å². The van der Waals surface area contributed by atoms with Crippen LogP contribution in [0.5, 0.6) is 0 Å². The van der Waals surface area contributed by atoms with E-state index in [1.807, 2.05) is 24.3 Å². The van der Waals surface area contributed by atoms with E-state index < -0.39 is 0 Å². The summed E-state index contributed by atoms with van der Waals surface area (Å²) in [5.74, 6) is 0. The SMILES string of the molecule is CC(c1ccc(Cl)cc1)N(C)Cc1nnc(N)s1. The number of nitrogen functional groups attached to an aromatic ring is 1. The second-order valence-electron chi connectivity index (χ2n) is 4.18. The van der Waals surface area contributed by atoms with Gasteiger partial charge in [0, 0.05) is 11.1 Å². The highest BCUT2D eigenvalue weighted by Gasteiger charge is 2.13. The van der Waals surface area contributed by atoms with Crippen LogP contribution in [-0.4, -0.2) is 22.1 Å². The zero-order valence-corrected chi connectivity index (χ0v) is 11.9. The van der Waals surface area contributed by atoms with E-state index in [0.717, 1.165) is 16.6 Å².